The summed E-state index contributed by atoms with van der Waals surface area (Å²) in [7, 11) is -1.48. The Hall–Kier alpha value is -3.40. The van der Waals surface area contributed by atoms with Crippen molar-refractivity contribution in [1.82, 2.24) is 4.31 Å². The molecule has 0 N–H and O–H groups in total. The summed E-state index contributed by atoms with van der Waals surface area (Å²) in [6.45, 7) is 0. The highest BCUT2D eigenvalue weighted by Crippen LogP contribution is 2.33. The molecule has 1 aliphatic heterocycles. The molecule has 1 heterocycles. The third-order valence-electron chi connectivity index (χ3n) is 4.76. The highest BCUT2D eigenvalue weighted by molar-refractivity contribution is 7.89. The van der Waals surface area contributed by atoms with Crippen LogP contribution >= 0.6 is 0 Å². The number of benzene rings is 2. The van der Waals surface area contributed by atoms with E-state index in [1.54, 1.807) is 24.3 Å². The number of sulfonamides is 1. The van der Waals surface area contributed by atoms with Gasteiger partial charge >= 0.3 is 0 Å². The van der Waals surface area contributed by atoms with Crippen LogP contribution in [0.3, 0.4) is 0 Å². The van der Waals surface area contributed by atoms with Gasteiger partial charge in [-0.15, -0.1) is 0 Å². The second-order valence-electron chi connectivity index (χ2n) is 6.54. The van der Waals surface area contributed by atoms with Crippen molar-refractivity contribution in [2.24, 2.45) is 0 Å². The maximum absolute atomic E-state index is 13.3. The summed E-state index contributed by atoms with van der Waals surface area (Å²) >= 11 is 0. The number of rotatable bonds is 7. The average Bonchev–Trinajstić information content (AvgIpc) is 2.73. The average molecular weight is 432 g/mol. The lowest BCUT2D eigenvalue weighted by Gasteiger charge is -2.32. The van der Waals surface area contributed by atoms with Crippen molar-refractivity contribution in [2.75, 3.05) is 14.2 Å². The quantitative estimate of drug-likeness (QED) is 0.488. The van der Waals surface area contributed by atoms with Crippen LogP contribution in [-0.2, 0) is 21.2 Å². The molecular weight excluding hydrogens is 412 g/mol. The molecular formula is C20H20N2O7S. The molecule has 158 valence electrons. The van der Waals surface area contributed by atoms with Crippen LogP contribution in [0.2, 0.25) is 0 Å². The monoisotopic (exact) mass is 432 g/mol. The zero-order valence-electron chi connectivity index (χ0n) is 16.3. The molecule has 1 aliphatic rings. The first-order valence-electron chi connectivity index (χ1n) is 8.99. The second-order valence-corrected chi connectivity index (χ2v) is 8.32. The van der Waals surface area contributed by atoms with Gasteiger partial charge < -0.3 is 9.47 Å². The molecule has 0 radical (unpaired) electrons. The van der Waals surface area contributed by atoms with Gasteiger partial charge in [0.15, 0.2) is 4.90 Å². The van der Waals surface area contributed by atoms with E-state index >= 15 is 0 Å². The standard InChI is InChI=1S/C20H20N2O7S/c1-28-16-10-11-18(29-2)14(13-16)12-15-6-5-9-20(23)21(15)30(26,27)19-8-4-3-7-17(19)22(24)25/h3-5,7-11,13,15H,6,12H2,1-2H3. The number of hydrogen-bond acceptors (Lipinski definition) is 7. The van der Waals surface area contributed by atoms with E-state index in [-0.39, 0.29) is 12.8 Å². The van der Waals surface area contributed by atoms with E-state index < -0.39 is 37.5 Å². The van der Waals surface area contributed by atoms with Gasteiger partial charge in [0, 0.05) is 12.1 Å². The maximum Gasteiger partial charge on any atom is 0.289 e. The number of carbonyl (C=O) groups excluding carboxylic acids is 1. The molecule has 0 bridgehead atoms. The van der Waals surface area contributed by atoms with Gasteiger partial charge in [-0.2, -0.15) is 0 Å². The molecule has 0 saturated heterocycles. The third kappa shape index (κ3) is 3.99. The van der Waals surface area contributed by atoms with Crippen molar-refractivity contribution in [3.8, 4) is 11.5 Å². The van der Waals surface area contributed by atoms with E-state index in [1.807, 2.05) is 0 Å². The normalized spacial score (nSPS) is 16.4. The summed E-state index contributed by atoms with van der Waals surface area (Å²) in [6.07, 6.45) is 3.15. The van der Waals surface area contributed by atoms with Gasteiger partial charge in [0.1, 0.15) is 11.5 Å². The molecule has 30 heavy (non-hydrogen) atoms. The molecule has 0 saturated carbocycles. The molecule has 1 unspecified atom stereocenters. The number of carbonyl (C=O) groups is 1. The van der Waals surface area contributed by atoms with Crippen LogP contribution in [0.25, 0.3) is 0 Å². The molecule has 0 aromatic heterocycles. The molecule has 9 nitrogen and oxygen atoms in total. The molecule has 2 aromatic rings. The summed E-state index contributed by atoms with van der Waals surface area (Å²) in [5.41, 5.74) is 0.0604. The minimum Gasteiger partial charge on any atom is -0.497 e. The Morgan fingerprint density at radius 1 is 1.17 bits per heavy atom. The molecule has 2 aromatic carbocycles. The Balaban J connectivity index is 2.06. The minimum atomic E-state index is -4.47. The Kier molecular flexibility index (Phi) is 6.06. The Morgan fingerprint density at radius 3 is 2.57 bits per heavy atom. The zero-order chi connectivity index (χ0) is 21.9. The highest BCUT2D eigenvalue weighted by Gasteiger charge is 2.39. The highest BCUT2D eigenvalue weighted by atomic mass is 32.2. The van der Waals surface area contributed by atoms with Gasteiger partial charge in [-0.1, -0.05) is 18.2 Å². The predicted octanol–water partition coefficient (Wildman–Crippen LogP) is 2.70. The topological polar surface area (TPSA) is 116 Å². The molecule has 0 aliphatic carbocycles. The molecule has 1 atom stereocenters. The first-order valence-corrected chi connectivity index (χ1v) is 10.4. The first kappa shape index (κ1) is 21.3. The van der Waals surface area contributed by atoms with E-state index in [2.05, 4.69) is 0 Å². The lowest BCUT2D eigenvalue weighted by atomic mass is 10.00. The molecule has 0 fully saturated rings. The molecule has 3 rings (SSSR count). The number of nitro groups is 1. The lowest BCUT2D eigenvalue weighted by Crippen LogP contribution is -2.46. The number of methoxy groups -OCH3 is 2. The Morgan fingerprint density at radius 2 is 1.90 bits per heavy atom. The van der Waals surface area contributed by atoms with Gasteiger partial charge in [0.25, 0.3) is 21.6 Å². The van der Waals surface area contributed by atoms with Crippen LogP contribution in [-0.4, -0.2) is 43.8 Å². The fourth-order valence-electron chi connectivity index (χ4n) is 3.38. The zero-order valence-corrected chi connectivity index (χ0v) is 17.2. The smallest absolute Gasteiger partial charge is 0.289 e. The van der Waals surface area contributed by atoms with E-state index in [4.69, 9.17) is 9.47 Å². The van der Waals surface area contributed by atoms with Crippen LogP contribution in [0.5, 0.6) is 11.5 Å². The molecule has 0 spiro atoms. The van der Waals surface area contributed by atoms with Gasteiger partial charge in [-0.25, -0.2) is 12.7 Å². The summed E-state index contributed by atoms with van der Waals surface area (Å²) in [5.74, 6) is 0.309. The fraction of sp³-hybridized carbons (Fsp3) is 0.250. The lowest BCUT2D eigenvalue weighted by molar-refractivity contribution is -0.387. The Bertz CT molecular complexity index is 1110. The summed E-state index contributed by atoms with van der Waals surface area (Å²) in [5, 5.41) is 11.4. The van der Waals surface area contributed by atoms with E-state index in [0.717, 1.165) is 18.2 Å². The SMILES string of the molecule is COc1ccc(OC)c(CC2CC=CC(=O)N2S(=O)(=O)c2ccccc2[N+](=O)[O-])c1. The Labute approximate surface area is 173 Å². The number of nitro benzene ring substituents is 1. The maximum atomic E-state index is 13.3. The van der Waals surface area contributed by atoms with Crippen LogP contribution in [0, 0.1) is 10.1 Å². The second kappa shape index (κ2) is 8.54. The predicted molar refractivity (Wildman–Crippen MR) is 108 cm³/mol. The minimum absolute atomic E-state index is 0.149. The van der Waals surface area contributed by atoms with Gasteiger partial charge in [-0.05, 0) is 42.7 Å². The van der Waals surface area contributed by atoms with Crippen LogP contribution < -0.4 is 9.47 Å². The third-order valence-corrected chi connectivity index (χ3v) is 6.66. The number of hydrogen-bond donors (Lipinski definition) is 0. The largest absolute Gasteiger partial charge is 0.497 e. The van der Waals surface area contributed by atoms with Gasteiger partial charge in [0.05, 0.1) is 25.2 Å². The van der Waals surface area contributed by atoms with Crippen molar-refractivity contribution in [3.63, 3.8) is 0 Å². The van der Waals surface area contributed by atoms with Gasteiger partial charge in [0.2, 0.25) is 0 Å². The van der Waals surface area contributed by atoms with Gasteiger partial charge in [-0.3, -0.25) is 14.9 Å². The molecule has 1 amide bonds. The number of amides is 1. The van der Waals surface area contributed by atoms with Crippen LogP contribution in [0.1, 0.15) is 12.0 Å². The summed E-state index contributed by atoms with van der Waals surface area (Å²) in [6, 6.07) is 9.29. The van der Waals surface area contributed by atoms with Crippen molar-refractivity contribution in [1.29, 1.82) is 0 Å². The van der Waals surface area contributed by atoms with Crippen LogP contribution in [0.4, 0.5) is 5.69 Å². The van der Waals surface area contributed by atoms with Crippen molar-refractivity contribution in [3.05, 3.63) is 70.3 Å². The first-order chi connectivity index (χ1) is 14.3. The molecule has 10 heteroatoms. The number of para-hydroxylation sites is 1. The summed E-state index contributed by atoms with van der Waals surface area (Å²) < 4.78 is 37.9. The van der Waals surface area contributed by atoms with Crippen molar-refractivity contribution >= 4 is 21.6 Å². The van der Waals surface area contributed by atoms with Crippen molar-refractivity contribution < 1.29 is 27.6 Å². The van der Waals surface area contributed by atoms with E-state index in [1.165, 1.54) is 26.4 Å². The van der Waals surface area contributed by atoms with E-state index in [9.17, 15) is 23.3 Å². The van der Waals surface area contributed by atoms with E-state index in [0.29, 0.717) is 21.4 Å². The number of ether oxygens (including phenoxy) is 2. The summed E-state index contributed by atoms with van der Waals surface area (Å²) in [4.78, 5) is 22.7. The fourth-order valence-corrected chi connectivity index (χ4v) is 5.10. The van der Waals surface area contributed by atoms with Crippen molar-refractivity contribution in [2.45, 2.75) is 23.8 Å². The number of nitrogens with zero attached hydrogens (tertiary/aromatic N) is 2. The van der Waals surface area contributed by atoms with Crippen LogP contribution in [0.15, 0.2) is 59.5 Å².